The molecule has 0 N–H and O–H groups in total. The molecule has 2 aliphatic carbocycles. The summed E-state index contributed by atoms with van der Waals surface area (Å²) in [5, 5.41) is 0. The van der Waals surface area contributed by atoms with E-state index in [9.17, 15) is 4.39 Å². The van der Waals surface area contributed by atoms with Gasteiger partial charge in [0.1, 0.15) is 0 Å². The van der Waals surface area contributed by atoms with Crippen LogP contribution >= 0.6 is 0 Å². The Morgan fingerprint density at radius 3 is 2.09 bits per heavy atom. The summed E-state index contributed by atoms with van der Waals surface area (Å²) >= 11 is 0. The highest BCUT2D eigenvalue weighted by atomic mass is 19.1. The summed E-state index contributed by atoms with van der Waals surface area (Å²) in [4.78, 5) is 0. The van der Waals surface area contributed by atoms with Gasteiger partial charge in [-0.2, -0.15) is 0 Å². The average Bonchev–Trinajstić information content (AvgIpc) is 2.86. The van der Waals surface area contributed by atoms with Crippen LogP contribution in [0.5, 0.6) is 5.75 Å². The number of aryl methyl sites for hydroxylation is 1. The summed E-state index contributed by atoms with van der Waals surface area (Å²) in [5.74, 6) is 4.51. The molecule has 0 unspecified atom stereocenters. The lowest BCUT2D eigenvalue weighted by atomic mass is 9.67. The fraction of sp³-hybridized carbons (Fsp3) is 0.613. The van der Waals surface area contributed by atoms with Gasteiger partial charge >= 0.3 is 0 Å². The topological polar surface area (TPSA) is 9.23 Å². The van der Waals surface area contributed by atoms with Crippen molar-refractivity contribution in [1.82, 2.24) is 0 Å². The van der Waals surface area contributed by atoms with Crippen LogP contribution in [-0.4, -0.2) is 6.61 Å². The molecular weight excluding hydrogens is 407 g/mol. The molecule has 2 aromatic carbocycles. The van der Waals surface area contributed by atoms with Crippen LogP contribution in [0.2, 0.25) is 0 Å². The Kier molecular flexibility index (Phi) is 8.87. The number of hydrogen-bond acceptors (Lipinski definition) is 1. The van der Waals surface area contributed by atoms with E-state index in [1.54, 1.807) is 12.1 Å². The third kappa shape index (κ3) is 6.84. The third-order valence-electron chi connectivity index (χ3n) is 8.64. The molecule has 0 bridgehead atoms. The average molecular weight is 451 g/mol. The number of rotatable bonds is 9. The second kappa shape index (κ2) is 12.0. The van der Waals surface area contributed by atoms with Gasteiger partial charge in [0.25, 0.3) is 0 Å². The molecule has 0 saturated heterocycles. The van der Waals surface area contributed by atoms with Gasteiger partial charge in [-0.3, -0.25) is 0 Å². The van der Waals surface area contributed by atoms with Gasteiger partial charge in [0.15, 0.2) is 11.6 Å². The van der Waals surface area contributed by atoms with Gasteiger partial charge in [0, 0.05) is 0 Å². The lowest BCUT2D eigenvalue weighted by Crippen LogP contribution is -2.26. The Hall–Kier alpha value is -1.83. The number of ether oxygens (including phenoxy) is 1. The molecule has 4 rings (SSSR count). The van der Waals surface area contributed by atoms with E-state index in [1.807, 2.05) is 13.0 Å². The van der Waals surface area contributed by atoms with E-state index in [2.05, 4.69) is 37.3 Å². The predicted molar refractivity (Wildman–Crippen MR) is 136 cm³/mol. The van der Waals surface area contributed by atoms with Gasteiger partial charge in [0.05, 0.1) is 6.61 Å². The summed E-state index contributed by atoms with van der Waals surface area (Å²) in [7, 11) is 0. The van der Waals surface area contributed by atoms with E-state index in [0.717, 1.165) is 35.7 Å². The smallest absolute Gasteiger partial charge is 0.165 e. The molecule has 1 atom stereocenters. The monoisotopic (exact) mass is 450 g/mol. The molecule has 2 aromatic rings. The maximum absolute atomic E-state index is 14.1. The van der Waals surface area contributed by atoms with Crippen LogP contribution in [0, 0.1) is 29.5 Å². The van der Waals surface area contributed by atoms with Crippen molar-refractivity contribution < 1.29 is 9.13 Å². The van der Waals surface area contributed by atoms with E-state index in [-0.39, 0.29) is 5.82 Å². The van der Waals surface area contributed by atoms with Crippen molar-refractivity contribution in [2.24, 2.45) is 23.7 Å². The van der Waals surface area contributed by atoms with Crippen LogP contribution < -0.4 is 4.74 Å². The van der Waals surface area contributed by atoms with Gasteiger partial charge in [-0.25, -0.2) is 4.39 Å². The molecule has 180 valence electrons. The predicted octanol–water partition coefficient (Wildman–Crippen LogP) is 8.96. The quantitative estimate of drug-likeness (QED) is 0.370. The lowest BCUT2D eigenvalue weighted by molar-refractivity contribution is 0.139. The van der Waals surface area contributed by atoms with Crippen molar-refractivity contribution in [3.8, 4) is 5.75 Å². The van der Waals surface area contributed by atoms with Crippen molar-refractivity contribution in [2.45, 2.75) is 90.4 Å². The van der Waals surface area contributed by atoms with Crippen LogP contribution in [0.15, 0.2) is 48.5 Å². The Labute approximate surface area is 201 Å². The first kappa shape index (κ1) is 24.3. The molecule has 0 amide bonds. The largest absolute Gasteiger partial charge is 0.491 e. The molecule has 2 heteroatoms. The highest BCUT2D eigenvalue weighted by Gasteiger charge is 2.31. The first-order valence-corrected chi connectivity index (χ1v) is 13.6. The Morgan fingerprint density at radius 1 is 0.848 bits per heavy atom. The minimum absolute atomic E-state index is 0.216. The molecule has 0 spiro atoms. The minimum atomic E-state index is -0.216. The van der Waals surface area contributed by atoms with E-state index in [1.165, 1.54) is 69.8 Å². The molecule has 2 fully saturated rings. The molecule has 0 heterocycles. The second-order valence-corrected chi connectivity index (χ2v) is 10.8. The zero-order chi connectivity index (χ0) is 23.0. The highest BCUT2D eigenvalue weighted by molar-refractivity contribution is 5.29. The fourth-order valence-electron chi connectivity index (χ4n) is 6.60. The van der Waals surface area contributed by atoms with Crippen LogP contribution in [0.25, 0.3) is 0 Å². The van der Waals surface area contributed by atoms with Gasteiger partial charge in [-0.05, 0) is 105 Å². The lowest BCUT2D eigenvalue weighted by Gasteiger charge is -2.38. The normalized spacial score (nSPS) is 26.6. The minimum Gasteiger partial charge on any atom is -0.491 e. The van der Waals surface area contributed by atoms with Gasteiger partial charge in [-0.15, -0.1) is 0 Å². The van der Waals surface area contributed by atoms with Gasteiger partial charge in [-0.1, -0.05) is 69.0 Å². The first-order chi connectivity index (χ1) is 16.1. The van der Waals surface area contributed by atoms with Crippen LogP contribution in [0.4, 0.5) is 4.39 Å². The molecule has 2 saturated carbocycles. The van der Waals surface area contributed by atoms with Gasteiger partial charge in [0.2, 0.25) is 0 Å². The molecule has 0 aliphatic heterocycles. The Balaban J connectivity index is 1.15. The molecule has 0 aromatic heterocycles. The van der Waals surface area contributed by atoms with Crippen LogP contribution in [0.3, 0.4) is 0 Å². The number of hydrogen-bond donors (Lipinski definition) is 0. The first-order valence-electron chi connectivity index (χ1n) is 13.6. The van der Waals surface area contributed by atoms with Crippen molar-refractivity contribution >= 4 is 0 Å². The van der Waals surface area contributed by atoms with Crippen LogP contribution in [-0.2, 0) is 6.42 Å². The van der Waals surface area contributed by atoms with Crippen molar-refractivity contribution in [2.75, 3.05) is 6.61 Å². The highest BCUT2D eigenvalue weighted by Crippen LogP contribution is 2.44. The van der Waals surface area contributed by atoms with E-state index in [4.69, 9.17) is 4.74 Å². The Bertz CT molecular complexity index is 831. The van der Waals surface area contributed by atoms with E-state index >= 15 is 0 Å². The standard InChI is InChI=1S/C31H43FO/c1-3-33-31-20-15-26(22-30(31)32)10-9-24-11-16-28(17-12-24)29-18-13-25(14-19-29)21-23(2)27-7-5-4-6-8-27/h4-8,15,20,22-25,28-29H,3,9-14,16-19,21H2,1-2H3/t23-,24?,25?,28?,29?/m1/s1. The summed E-state index contributed by atoms with van der Waals surface area (Å²) in [5.41, 5.74) is 2.62. The van der Waals surface area contributed by atoms with Crippen molar-refractivity contribution in [3.05, 3.63) is 65.5 Å². The molecular formula is C31H43FO. The summed E-state index contributed by atoms with van der Waals surface area (Å²) < 4.78 is 19.4. The van der Waals surface area contributed by atoms with E-state index in [0.29, 0.717) is 18.3 Å². The third-order valence-corrected chi connectivity index (χ3v) is 8.64. The summed E-state index contributed by atoms with van der Waals surface area (Å²) in [6.45, 7) is 4.81. The van der Waals surface area contributed by atoms with Crippen molar-refractivity contribution in [1.29, 1.82) is 0 Å². The Morgan fingerprint density at radius 2 is 1.48 bits per heavy atom. The summed E-state index contributed by atoms with van der Waals surface area (Å²) in [6.07, 6.45) is 14.9. The number of halogens is 1. The fourth-order valence-corrected chi connectivity index (χ4v) is 6.60. The van der Waals surface area contributed by atoms with Crippen molar-refractivity contribution in [3.63, 3.8) is 0 Å². The zero-order valence-electron chi connectivity index (χ0n) is 20.8. The second-order valence-electron chi connectivity index (χ2n) is 10.8. The molecule has 2 aliphatic rings. The van der Waals surface area contributed by atoms with E-state index < -0.39 is 0 Å². The molecule has 1 nitrogen and oxygen atoms in total. The molecule has 0 radical (unpaired) electrons. The molecule has 33 heavy (non-hydrogen) atoms. The zero-order valence-corrected chi connectivity index (χ0v) is 20.8. The maximum Gasteiger partial charge on any atom is 0.165 e. The van der Waals surface area contributed by atoms with Gasteiger partial charge < -0.3 is 4.74 Å². The number of benzene rings is 2. The van der Waals surface area contributed by atoms with Crippen LogP contribution in [0.1, 0.15) is 95.1 Å². The maximum atomic E-state index is 14.1. The summed E-state index contributed by atoms with van der Waals surface area (Å²) in [6, 6.07) is 16.6. The SMILES string of the molecule is CCOc1ccc(CCC2CCC(C3CCC(C[C@@H](C)c4ccccc4)CC3)CC2)cc1F.